The molecule has 0 radical (unpaired) electrons. The van der Waals surface area contributed by atoms with Gasteiger partial charge in [0.05, 0.1) is 24.3 Å². The number of alkyl halides is 3. The number of aromatic nitrogens is 6. The summed E-state index contributed by atoms with van der Waals surface area (Å²) < 4.78 is 40.3. The van der Waals surface area contributed by atoms with Gasteiger partial charge >= 0.3 is 6.18 Å². The molecule has 1 saturated heterocycles. The minimum Gasteiger partial charge on any atom is -0.352 e. The highest BCUT2D eigenvalue weighted by Crippen LogP contribution is 2.28. The molecular weight excluding hydrogens is 373 g/mol. The average Bonchev–Trinajstić information content (AvgIpc) is 3.14. The molecule has 1 aliphatic heterocycles. The van der Waals surface area contributed by atoms with Crippen LogP contribution in [0.15, 0.2) is 37.1 Å². The van der Waals surface area contributed by atoms with Crippen molar-refractivity contribution >= 4 is 11.8 Å². The molecule has 0 aliphatic carbocycles. The van der Waals surface area contributed by atoms with Crippen molar-refractivity contribution in [3.63, 3.8) is 0 Å². The molecule has 3 aromatic heterocycles. The maximum Gasteiger partial charge on any atom is 0.433 e. The molecule has 0 N–H and O–H groups in total. The van der Waals surface area contributed by atoms with Crippen LogP contribution in [0.2, 0.25) is 0 Å². The Morgan fingerprint density at radius 2 is 1.71 bits per heavy atom. The monoisotopic (exact) mass is 390 g/mol. The maximum atomic E-state index is 12.9. The Balaban J connectivity index is 1.46. The van der Waals surface area contributed by atoms with E-state index in [4.69, 9.17) is 0 Å². The van der Waals surface area contributed by atoms with E-state index >= 15 is 0 Å². The van der Waals surface area contributed by atoms with Gasteiger partial charge in [0.15, 0.2) is 0 Å². The lowest BCUT2D eigenvalue weighted by Gasteiger charge is -2.35. The van der Waals surface area contributed by atoms with Gasteiger partial charge in [-0.3, -0.25) is 9.67 Å². The first kappa shape index (κ1) is 18.1. The Hall–Kier alpha value is -3.24. The minimum atomic E-state index is -4.48. The molecule has 3 aromatic rings. The quantitative estimate of drug-likeness (QED) is 0.677. The molecule has 0 amide bonds. The number of halogens is 3. The number of rotatable bonds is 3. The first-order chi connectivity index (χ1) is 13.4. The zero-order chi connectivity index (χ0) is 19.7. The van der Waals surface area contributed by atoms with Crippen molar-refractivity contribution in [1.82, 2.24) is 29.7 Å². The van der Waals surface area contributed by atoms with E-state index in [0.717, 1.165) is 17.8 Å². The molecule has 28 heavy (non-hydrogen) atoms. The van der Waals surface area contributed by atoms with Gasteiger partial charge in [-0.15, -0.1) is 0 Å². The van der Waals surface area contributed by atoms with E-state index in [1.165, 1.54) is 0 Å². The summed E-state index contributed by atoms with van der Waals surface area (Å²) in [5, 5.41) is 4.14. The Labute approximate surface area is 158 Å². The van der Waals surface area contributed by atoms with Crippen LogP contribution in [0.4, 0.5) is 24.9 Å². The second-order valence-corrected chi connectivity index (χ2v) is 6.38. The van der Waals surface area contributed by atoms with E-state index in [-0.39, 0.29) is 5.95 Å². The molecule has 0 spiro atoms. The Kier molecular flexibility index (Phi) is 4.57. The summed E-state index contributed by atoms with van der Waals surface area (Å²) in [6.07, 6.45) is 3.58. The Morgan fingerprint density at radius 3 is 2.39 bits per heavy atom. The number of piperazine rings is 1. The molecule has 1 fully saturated rings. The van der Waals surface area contributed by atoms with Crippen LogP contribution in [0.25, 0.3) is 11.3 Å². The van der Waals surface area contributed by atoms with Crippen LogP contribution in [0, 0.1) is 0 Å². The van der Waals surface area contributed by atoms with Gasteiger partial charge in [-0.1, -0.05) is 0 Å². The van der Waals surface area contributed by atoms with Gasteiger partial charge in [-0.05, 0) is 6.07 Å². The van der Waals surface area contributed by atoms with Crippen LogP contribution in [0.5, 0.6) is 0 Å². The summed E-state index contributed by atoms with van der Waals surface area (Å²) in [6.45, 7) is 2.12. The maximum absolute atomic E-state index is 12.9. The summed E-state index contributed by atoms with van der Waals surface area (Å²) in [6, 6.07) is 0.874. The summed E-state index contributed by atoms with van der Waals surface area (Å²) in [4.78, 5) is 20.3. The molecule has 11 heteroatoms. The van der Waals surface area contributed by atoms with E-state index in [9.17, 15) is 13.2 Å². The van der Waals surface area contributed by atoms with Crippen molar-refractivity contribution < 1.29 is 13.2 Å². The first-order valence-corrected chi connectivity index (χ1v) is 8.61. The zero-order valence-electron chi connectivity index (χ0n) is 15.0. The van der Waals surface area contributed by atoms with Gasteiger partial charge in [0.25, 0.3) is 0 Å². The van der Waals surface area contributed by atoms with E-state index in [0.29, 0.717) is 37.7 Å². The molecule has 0 atom stereocenters. The Bertz CT molecular complexity index is 963. The van der Waals surface area contributed by atoms with Gasteiger partial charge < -0.3 is 9.80 Å². The highest BCUT2D eigenvalue weighted by molar-refractivity contribution is 5.58. The van der Waals surface area contributed by atoms with Crippen molar-refractivity contribution in [3.05, 3.63) is 42.7 Å². The summed E-state index contributed by atoms with van der Waals surface area (Å²) in [5.41, 5.74) is 0.650. The lowest BCUT2D eigenvalue weighted by molar-refractivity contribution is -0.141. The highest BCUT2D eigenvalue weighted by atomic mass is 19.4. The van der Waals surface area contributed by atoms with Crippen LogP contribution in [-0.2, 0) is 13.2 Å². The molecule has 0 saturated carbocycles. The van der Waals surface area contributed by atoms with Crippen molar-refractivity contribution in [2.24, 2.45) is 7.05 Å². The molecule has 1 aliphatic rings. The highest BCUT2D eigenvalue weighted by Gasteiger charge is 2.33. The molecule has 146 valence electrons. The summed E-state index contributed by atoms with van der Waals surface area (Å²) in [5.74, 6) is 0.802. The van der Waals surface area contributed by atoms with Crippen LogP contribution < -0.4 is 9.80 Å². The Morgan fingerprint density at radius 1 is 0.964 bits per heavy atom. The fraction of sp³-hybridized carbons (Fsp3) is 0.353. The predicted octanol–water partition coefficient (Wildman–Crippen LogP) is 2.01. The summed E-state index contributed by atoms with van der Waals surface area (Å²) >= 11 is 0. The van der Waals surface area contributed by atoms with Crippen LogP contribution in [0.1, 0.15) is 5.69 Å². The third-order valence-corrected chi connectivity index (χ3v) is 4.44. The average molecular weight is 390 g/mol. The number of aryl methyl sites for hydroxylation is 1. The topological polar surface area (TPSA) is 75.9 Å². The largest absolute Gasteiger partial charge is 0.433 e. The second kappa shape index (κ2) is 7.06. The van der Waals surface area contributed by atoms with E-state index in [1.54, 1.807) is 28.2 Å². The number of nitrogens with zero attached hydrogens (tertiary/aromatic N) is 8. The molecule has 0 bridgehead atoms. The second-order valence-electron chi connectivity index (χ2n) is 6.38. The van der Waals surface area contributed by atoms with Crippen LogP contribution in [0.3, 0.4) is 0 Å². The molecule has 4 heterocycles. The molecule has 8 nitrogen and oxygen atoms in total. The fourth-order valence-electron chi connectivity index (χ4n) is 2.99. The number of anilines is 2. The smallest absolute Gasteiger partial charge is 0.352 e. The van der Waals surface area contributed by atoms with Gasteiger partial charge in [0, 0.05) is 51.2 Å². The summed E-state index contributed by atoms with van der Waals surface area (Å²) in [7, 11) is 1.83. The number of hydrogen-bond acceptors (Lipinski definition) is 7. The van der Waals surface area contributed by atoms with Crippen LogP contribution in [-0.4, -0.2) is 55.9 Å². The normalized spacial score (nSPS) is 15.1. The van der Waals surface area contributed by atoms with Gasteiger partial charge in [0.2, 0.25) is 5.95 Å². The lowest BCUT2D eigenvalue weighted by atomic mass is 10.2. The van der Waals surface area contributed by atoms with E-state index in [1.807, 2.05) is 18.1 Å². The van der Waals surface area contributed by atoms with Crippen molar-refractivity contribution in [3.8, 4) is 11.3 Å². The van der Waals surface area contributed by atoms with Gasteiger partial charge in [-0.25, -0.2) is 15.0 Å². The van der Waals surface area contributed by atoms with E-state index < -0.39 is 11.9 Å². The zero-order valence-corrected chi connectivity index (χ0v) is 15.0. The van der Waals surface area contributed by atoms with Crippen molar-refractivity contribution in [2.75, 3.05) is 36.0 Å². The number of hydrogen-bond donors (Lipinski definition) is 0. The predicted molar refractivity (Wildman–Crippen MR) is 95.7 cm³/mol. The molecule has 0 aromatic carbocycles. The first-order valence-electron chi connectivity index (χ1n) is 8.61. The fourth-order valence-corrected chi connectivity index (χ4v) is 2.99. The van der Waals surface area contributed by atoms with E-state index in [2.05, 4.69) is 25.0 Å². The van der Waals surface area contributed by atoms with Gasteiger partial charge in [-0.2, -0.15) is 18.3 Å². The van der Waals surface area contributed by atoms with Crippen LogP contribution >= 0.6 is 0 Å². The molecule has 4 rings (SSSR count). The molecule has 0 unspecified atom stereocenters. The van der Waals surface area contributed by atoms with Gasteiger partial charge in [0.1, 0.15) is 11.5 Å². The minimum absolute atomic E-state index is 0.0877. The van der Waals surface area contributed by atoms with Crippen molar-refractivity contribution in [2.45, 2.75) is 6.18 Å². The third-order valence-electron chi connectivity index (χ3n) is 4.44. The molecular formula is C17H17F3N8. The standard InChI is InChI=1S/C17H17F3N8/c1-26-11-12(8-23-26)13-9-21-10-15(24-13)27-4-6-28(7-5-27)16-22-3-2-14(25-16)17(18,19)20/h2-3,8-11H,4-7H2,1H3. The third kappa shape index (κ3) is 3.73. The SMILES string of the molecule is Cn1cc(-c2cncc(N3CCN(c4nccc(C(F)(F)F)n4)CC3)n2)cn1. The lowest BCUT2D eigenvalue weighted by Crippen LogP contribution is -2.47. The van der Waals surface area contributed by atoms with Crippen molar-refractivity contribution in [1.29, 1.82) is 0 Å².